The molecule has 0 unspecified atom stereocenters. The minimum atomic E-state index is -0.569. The Labute approximate surface area is 81.9 Å². The lowest BCUT2D eigenvalue weighted by Crippen LogP contribution is -2.26. The first-order valence-electron chi connectivity index (χ1n) is 4.52. The van der Waals surface area contributed by atoms with Crippen LogP contribution in [-0.2, 0) is 6.42 Å². The van der Waals surface area contributed by atoms with Crippen molar-refractivity contribution in [2.45, 2.75) is 18.9 Å². The van der Waals surface area contributed by atoms with Crippen molar-refractivity contribution >= 4 is 0 Å². The van der Waals surface area contributed by atoms with E-state index in [-0.39, 0.29) is 6.04 Å². The van der Waals surface area contributed by atoms with E-state index in [1.807, 2.05) is 0 Å². The second-order valence-electron chi connectivity index (χ2n) is 3.32. The van der Waals surface area contributed by atoms with E-state index in [9.17, 15) is 8.78 Å². The van der Waals surface area contributed by atoms with Crippen LogP contribution in [0.1, 0.15) is 12.0 Å². The molecule has 0 aromatic heterocycles. The van der Waals surface area contributed by atoms with Gasteiger partial charge in [0.15, 0.2) is 0 Å². The Balaban J connectivity index is 2.66. The third-order valence-corrected chi connectivity index (χ3v) is 1.96. The van der Waals surface area contributed by atoms with Crippen LogP contribution in [-0.4, -0.2) is 12.6 Å². The van der Waals surface area contributed by atoms with Crippen molar-refractivity contribution < 1.29 is 8.78 Å². The molecular weight excluding hydrogens is 186 g/mol. The van der Waals surface area contributed by atoms with Gasteiger partial charge in [-0.25, -0.2) is 8.78 Å². The van der Waals surface area contributed by atoms with Gasteiger partial charge in [0, 0.05) is 12.1 Å². The Bertz CT molecular complexity index is 282. The highest BCUT2D eigenvalue weighted by atomic mass is 19.1. The summed E-state index contributed by atoms with van der Waals surface area (Å²) in [6, 6.07) is 3.29. The molecule has 1 aromatic rings. The zero-order chi connectivity index (χ0) is 10.6. The third-order valence-electron chi connectivity index (χ3n) is 1.96. The van der Waals surface area contributed by atoms with Crippen LogP contribution in [0.25, 0.3) is 0 Å². The summed E-state index contributed by atoms with van der Waals surface area (Å²) < 4.78 is 25.5. The molecule has 0 amide bonds. The van der Waals surface area contributed by atoms with E-state index in [0.717, 1.165) is 6.07 Å². The molecule has 0 fully saturated rings. The highest BCUT2D eigenvalue weighted by molar-refractivity contribution is 5.18. The molecule has 1 atom stereocenters. The molecule has 1 rings (SSSR count). The lowest BCUT2D eigenvalue weighted by Gasteiger charge is -2.09. The fourth-order valence-electron chi connectivity index (χ4n) is 1.35. The fraction of sp³-hybridized carbons (Fsp3) is 0.400. The molecule has 0 radical (unpaired) electrons. The van der Waals surface area contributed by atoms with Gasteiger partial charge in [0.25, 0.3) is 0 Å². The van der Waals surface area contributed by atoms with Gasteiger partial charge in [0.05, 0.1) is 0 Å². The molecule has 14 heavy (non-hydrogen) atoms. The smallest absolute Gasteiger partial charge is 0.126 e. The van der Waals surface area contributed by atoms with Gasteiger partial charge in [-0.1, -0.05) is 0 Å². The van der Waals surface area contributed by atoms with Crippen molar-refractivity contribution in [1.82, 2.24) is 0 Å². The van der Waals surface area contributed by atoms with E-state index in [2.05, 4.69) is 0 Å². The molecule has 0 aliphatic heterocycles. The predicted octanol–water partition coefficient (Wildman–Crippen LogP) is 1.18. The summed E-state index contributed by atoms with van der Waals surface area (Å²) >= 11 is 0. The van der Waals surface area contributed by atoms with Crippen LogP contribution >= 0.6 is 0 Å². The van der Waals surface area contributed by atoms with Gasteiger partial charge in [0.2, 0.25) is 0 Å². The zero-order valence-corrected chi connectivity index (χ0v) is 7.84. The number of halogens is 2. The molecular formula is C10H14F2N2. The Morgan fingerprint density at radius 3 is 2.21 bits per heavy atom. The van der Waals surface area contributed by atoms with Crippen LogP contribution in [0.15, 0.2) is 18.2 Å². The van der Waals surface area contributed by atoms with Crippen molar-refractivity contribution in [1.29, 1.82) is 0 Å². The van der Waals surface area contributed by atoms with Gasteiger partial charge in [0.1, 0.15) is 11.6 Å². The van der Waals surface area contributed by atoms with Crippen LogP contribution in [0.4, 0.5) is 8.78 Å². The summed E-state index contributed by atoms with van der Waals surface area (Å²) in [5.41, 5.74) is 11.6. The van der Waals surface area contributed by atoms with E-state index in [4.69, 9.17) is 11.5 Å². The Morgan fingerprint density at radius 2 is 1.71 bits per heavy atom. The maximum atomic E-state index is 12.8. The fourth-order valence-corrected chi connectivity index (χ4v) is 1.35. The van der Waals surface area contributed by atoms with E-state index in [0.29, 0.717) is 24.9 Å². The second kappa shape index (κ2) is 5.02. The summed E-state index contributed by atoms with van der Waals surface area (Å²) in [7, 11) is 0. The van der Waals surface area contributed by atoms with Crippen LogP contribution < -0.4 is 11.5 Å². The van der Waals surface area contributed by atoms with Crippen LogP contribution in [0.2, 0.25) is 0 Å². The maximum absolute atomic E-state index is 12.8. The first-order valence-corrected chi connectivity index (χ1v) is 4.52. The molecule has 2 nitrogen and oxygen atoms in total. The molecule has 0 spiro atoms. The monoisotopic (exact) mass is 200 g/mol. The minimum absolute atomic E-state index is 0.138. The van der Waals surface area contributed by atoms with Crippen molar-refractivity contribution in [3.8, 4) is 0 Å². The number of nitrogens with two attached hydrogens (primary N) is 2. The molecule has 0 aliphatic carbocycles. The number of hydrogen-bond acceptors (Lipinski definition) is 2. The Hall–Kier alpha value is -1.00. The standard InChI is InChI=1S/C10H14F2N2/c11-8-3-7(4-9(12)6-8)5-10(14)1-2-13/h3-4,6,10H,1-2,5,13-14H2/t10-/m1/s1. The van der Waals surface area contributed by atoms with Gasteiger partial charge < -0.3 is 11.5 Å². The first kappa shape index (κ1) is 11.1. The van der Waals surface area contributed by atoms with Crippen LogP contribution in [0, 0.1) is 11.6 Å². The topological polar surface area (TPSA) is 52.0 Å². The molecule has 0 aliphatic rings. The molecule has 0 saturated carbocycles. The normalized spacial score (nSPS) is 12.9. The number of rotatable bonds is 4. The largest absolute Gasteiger partial charge is 0.330 e. The molecule has 4 N–H and O–H groups in total. The minimum Gasteiger partial charge on any atom is -0.330 e. The highest BCUT2D eigenvalue weighted by Crippen LogP contribution is 2.10. The third kappa shape index (κ3) is 3.40. The summed E-state index contributed by atoms with van der Waals surface area (Å²) in [6.07, 6.45) is 1.10. The SMILES string of the molecule is NCC[C@@H](N)Cc1cc(F)cc(F)c1. The van der Waals surface area contributed by atoms with Gasteiger partial charge >= 0.3 is 0 Å². The molecule has 0 saturated heterocycles. The van der Waals surface area contributed by atoms with E-state index in [1.165, 1.54) is 12.1 Å². The van der Waals surface area contributed by atoms with Crippen LogP contribution in [0.5, 0.6) is 0 Å². The maximum Gasteiger partial charge on any atom is 0.126 e. The van der Waals surface area contributed by atoms with E-state index < -0.39 is 11.6 Å². The number of hydrogen-bond donors (Lipinski definition) is 2. The van der Waals surface area contributed by atoms with Crippen molar-refractivity contribution in [3.63, 3.8) is 0 Å². The predicted molar refractivity (Wildman–Crippen MR) is 51.7 cm³/mol. The van der Waals surface area contributed by atoms with Gasteiger partial charge in [-0.2, -0.15) is 0 Å². The average Bonchev–Trinajstić information content (AvgIpc) is 2.01. The molecule has 0 bridgehead atoms. The second-order valence-corrected chi connectivity index (χ2v) is 3.32. The summed E-state index contributed by atoms with van der Waals surface area (Å²) in [5, 5.41) is 0. The lowest BCUT2D eigenvalue weighted by molar-refractivity contribution is 0.570. The Kier molecular flexibility index (Phi) is 3.98. The molecule has 4 heteroatoms. The highest BCUT2D eigenvalue weighted by Gasteiger charge is 2.05. The zero-order valence-electron chi connectivity index (χ0n) is 7.84. The number of benzene rings is 1. The average molecular weight is 200 g/mol. The lowest BCUT2D eigenvalue weighted by atomic mass is 10.0. The van der Waals surface area contributed by atoms with Crippen molar-refractivity contribution in [2.24, 2.45) is 11.5 Å². The summed E-state index contributed by atoms with van der Waals surface area (Å²) in [5.74, 6) is -1.14. The van der Waals surface area contributed by atoms with Crippen molar-refractivity contribution in [3.05, 3.63) is 35.4 Å². The molecule has 78 valence electrons. The quantitative estimate of drug-likeness (QED) is 0.766. The van der Waals surface area contributed by atoms with E-state index in [1.54, 1.807) is 0 Å². The van der Waals surface area contributed by atoms with Gasteiger partial charge in [-0.15, -0.1) is 0 Å². The molecule has 0 heterocycles. The molecule has 1 aromatic carbocycles. The van der Waals surface area contributed by atoms with Gasteiger partial charge in [-0.3, -0.25) is 0 Å². The van der Waals surface area contributed by atoms with Crippen LogP contribution in [0.3, 0.4) is 0 Å². The van der Waals surface area contributed by atoms with E-state index >= 15 is 0 Å². The van der Waals surface area contributed by atoms with Gasteiger partial charge in [-0.05, 0) is 37.1 Å². The summed E-state index contributed by atoms with van der Waals surface area (Å²) in [6.45, 7) is 0.485. The van der Waals surface area contributed by atoms with Crippen molar-refractivity contribution in [2.75, 3.05) is 6.54 Å². The Morgan fingerprint density at radius 1 is 1.14 bits per heavy atom. The first-order chi connectivity index (χ1) is 6.61. The summed E-state index contributed by atoms with van der Waals surface area (Å²) in [4.78, 5) is 0.